The van der Waals surface area contributed by atoms with Crippen molar-refractivity contribution in [2.75, 3.05) is 32.4 Å². The molecule has 0 aliphatic carbocycles. The van der Waals surface area contributed by atoms with E-state index in [0.29, 0.717) is 37.4 Å². The predicted octanol–water partition coefficient (Wildman–Crippen LogP) is 2.87. The fourth-order valence-electron chi connectivity index (χ4n) is 3.91. The first-order chi connectivity index (χ1) is 14.7. The van der Waals surface area contributed by atoms with Gasteiger partial charge in [-0.2, -0.15) is 9.40 Å². The monoisotopic (exact) mass is 438 g/mol. The van der Waals surface area contributed by atoms with Crippen LogP contribution >= 0.6 is 0 Å². The van der Waals surface area contributed by atoms with Crippen LogP contribution in [0.4, 0.5) is 0 Å². The van der Waals surface area contributed by atoms with E-state index in [2.05, 4.69) is 6.07 Å². The van der Waals surface area contributed by atoms with Crippen LogP contribution in [0.3, 0.4) is 0 Å². The van der Waals surface area contributed by atoms with Gasteiger partial charge in [-0.25, -0.2) is 13.1 Å². The van der Waals surface area contributed by atoms with Gasteiger partial charge in [-0.05, 0) is 31.5 Å². The van der Waals surface area contributed by atoms with Crippen molar-refractivity contribution in [1.82, 2.24) is 19.0 Å². The molecule has 1 fully saturated rings. The quantitative estimate of drug-likeness (QED) is 0.628. The third kappa shape index (κ3) is 4.40. The van der Waals surface area contributed by atoms with E-state index >= 15 is 0 Å². The molecular formula is C23H26N4O3S. The summed E-state index contributed by atoms with van der Waals surface area (Å²) in [5.41, 5.74) is 5.14. The Kier molecular flexibility index (Phi) is 5.68. The average molecular weight is 439 g/mol. The molecule has 0 atom stereocenters. The van der Waals surface area contributed by atoms with Crippen LogP contribution in [0.15, 0.2) is 54.7 Å². The first-order valence-corrected chi connectivity index (χ1v) is 12.1. The average Bonchev–Trinajstić information content (AvgIpc) is 3.18. The standard InChI is InChI=1S/C23H26N4O3S/c1-17-9-10-20(18(2)15-17)22-21(16-27(24-22)19-7-5-4-6-8-19)23(28)25-11-13-26(14-12-25)31(3,29)30/h4-10,15-16H,11-14H2,1-3H3. The first-order valence-electron chi connectivity index (χ1n) is 10.2. The van der Waals surface area contributed by atoms with Crippen LogP contribution in [0.5, 0.6) is 0 Å². The van der Waals surface area contributed by atoms with Crippen molar-refractivity contribution in [3.8, 4) is 16.9 Å². The minimum Gasteiger partial charge on any atom is -0.336 e. The van der Waals surface area contributed by atoms with Gasteiger partial charge in [0.05, 0.1) is 17.5 Å². The largest absolute Gasteiger partial charge is 0.336 e. The molecule has 7 nitrogen and oxygen atoms in total. The molecule has 0 spiro atoms. The molecule has 0 saturated carbocycles. The summed E-state index contributed by atoms with van der Waals surface area (Å²) in [5, 5.41) is 4.77. The highest BCUT2D eigenvalue weighted by Gasteiger charge is 2.29. The Hall–Kier alpha value is -2.97. The first kappa shape index (κ1) is 21.3. The van der Waals surface area contributed by atoms with Gasteiger partial charge in [0.2, 0.25) is 10.0 Å². The zero-order valence-corrected chi connectivity index (χ0v) is 18.8. The van der Waals surface area contributed by atoms with Gasteiger partial charge >= 0.3 is 0 Å². The Morgan fingerprint density at radius 2 is 1.65 bits per heavy atom. The smallest absolute Gasteiger partial charge is 0.257 e. The molecule has 1 aromatic heterocycles. The number of nitrogens with zero attached hydrogens (tertiary/aromatic N) is 4. The SMILES string of the molecule is Cc1ccc(-c2nn(-c3ccccc3)cc2C(=O)N2CCN(S(C)(=O)=O)CC2)c(C)c1. The lowest BCUT2D eigenvalue weighted by atomic mass is 10.00. The summed E-state index contributed by atoms with van der Waals surface area (Å²) in [6, 6.07) is 15.8. The molecule has 2 heterocycles. The lowest BCUT2D eigenvalue weighted by molar-refractivity contribution is 0.0699. The number of para-hydroxylation sites is 1. The molecule has 0 radical (unpaired) electrons. The summed E-state index contributed by atoms with van der Waals surface area (Å²) in [4.78, 5) is 15.2. The molecule has 8 heteroatoms. The number of hydrogen-bond acceptors (Lipinski definition) is 4. The summed E-state index contributed by atoms with van der Waals surface area (Å²) in [5.74, 6) is -0.134. The Morgan fingerprint density at radius 1 is 0.968 bits per heavy atom. The van der Waals surface area contributed by atoms with Crippen LogP contribution < -0.4 is 0 Å². The van der Waals surface area contributed by atoms with Gasteiger partial charge in [-0.15, -0.1) is 0 Å². The van der Waals surface area contributed by atoms with E-state index in [1.165, 1.54) is 10.6 Å². The van der Waals surface area contributed by atoms with Crippen molar-refractivity contribution in [2.45, 2.75) is 13.8 Å². The molecule has 3 aromatic rings. The Labute approximate surface area is 183 Å². The van der Waals surface area contributed by atoms with Crippen LogP contribution in [0.1, 0.15) is 21.5 Å². The maximum absolute atomic E-state index is 13.5. The molecule has 162 valence electrons. The van der Waals surface area contributed by atoms with Crippen LogP contribution in [-0.2, 0) is 10.0 Å². The fraction of sp³-hybridized carbons (Fsp3) is 0.304. The van der Waals surface area contributed by atoms with Crippen molar-refractivity contribution in [2.24, 2.45) is 0 Å². The third-order valence-electron chi connectivity index (χ3n) is 5.60. The van der Waals surface area contributed by atoms with E-state index in [9.17, 15) is 13.2 Å². The van der Waals surface area contributed by atoms with E-state index in [0.717, 1.165) is 22.4 Å². The predicted molar refractivity (Wildman–Crippen MR) is 121 cm³/mol. The minimum atomic E-state index is -3.25. The summed E-state index contributed by atoms with van der Waals surface area (Å²) in [7, 11) is -3.25. The Morgan fingerprint density at radius 3 is 2.26 bits per heavy atom. The number of amides is 1. The number of carbonyl (C=O) groups is 1. The summed E-state index contributed by atoms with van der Waals surface area (Å²) in [6.07, 6.45) is 2.97. The Bertz CT molecular complexity index is 1210. The molecule has 1 amide bonds. The van der Waals surface area contributed by atoms with Crippen molar-refractivity contribution in [3.05, 3.63) is 71.4 Å². The van der Waals surface area contributed by atoms with Crippen molar-refractivity contribution >= 4 is 15.9 Å². The maximum Gasteiger partial charge on any atom is 0.257 e. The molecule has 1 saturated heterocycles. The second-order valence-electron chi connectivity index (χ2n) is 7.94. The number of aryl methyl sites for hydroxylation is 2. The number of carbonyl (C=O) groups excluding carboxylic acids is 1. The summed E-state index contributed by atoms with van der Waals surface area (Å²) < 4.78 is 26.8. The van der Waals surface area contributed by atoms with E-state index in [1.807, 2.05) is 56.3 Å². The van der Waals surface area contributed by atoms with Gasteiger partial charge in [0.15, 0.2) is 0 Å². The second kappa shape index (κ2) is 8.28. The van der Waals surface area contributed by atoms with Gasteiger partial charge in [0.1, 0.15) is 5.69 Å². The van der Waals surface area contributed by atoms with Gasteiger partial charge in [0, 0.05) is 37.9 Å². The molecule has 31 heavy (non-hydrogen) atoms. The number of piperazine rings is 1. The second-order valence-corrected chi connectivity index (χ2v) is 9.93. The highest BCUT2D eigenvalue weighted by Crippen LogP contribution is 2.28. The highest BCUT2D eigenvalue weighted by molar-refractivity contribution is 7.88. The van der Waals surface area contributed by atoms with Crippen LogP contribution in [0.2, 0.25) is 0 Å². The lowest BCUT2D eigenvalue weighted by Crippen LogP contribution is -2.50. The topological polar surface area (TPSA) is 75.5 Å². The van der Waals surface area contributed by atoms with E-state index < -0.39 is 10.0 Å². The molecular weight excluding hydrogens is 412 g/mol. The van der Waals surface area contributed by atoms with Crippen molar-refractivity contribution < 1.29 is 13.2 Å². The molecule has 4 rings (SSSR count). The molecule has 0 N–H and O–H groups in total. The number of sulfonamides is 1. The highest BCUT2D eigenvalue weighted by atomic mass is 32.2. The lowest BCUT2D eigenvalue weighted by Gasteiger charge is -2.33. The van der Waals surface area contributed by atoms with Crippen LogP contribution in [0.25, 0.3) is 16.9 Å². The third-order valence-corrected chi connectivity index (χ3v) is 6.90. The fourth-order valence-corrected chi connectivity index (χ4v) is 4.74. The van der Waals surface area contributed by atoms with E-state index in [1.54, 1.807) is 15.8 Å². The van der Waals surface area contributed by atoms with E-state index in [4.69, 9.17) is 5.10 Å². The zero-order chi connectivity index (χ0) is 22.2. The number of benzene rings is 2. The zero-order valence-electron chi connectivity index (χ0n) is 17.9. The summed E-state index contributed by atoms with van der Waals surface area (Å²) >= 11 is 0. The summed E-state index contributed by atoms with van der Waals surface area (Å²) in [6.45, 7) is 5.37. The van der Waals surface area contributed by atoms with Gasteiger partial charge in [-0.1, -0.05) is 42.0 Å². The minimum absolute atomic E-state index is 0.134. The van der Waals surface area contributed by atoms with Gasteiger partial charge in [0.25, 0.3) is 5.91 Å². The number of hydrogen-bond donors (Lipinski definition) is 0. The number of rotatable bonds is 4. The van der Waals surface area contributed by atoms with Crippen LogP contribution in [0, 0.1) is 13.8 Å². The molecule has 1 aliphatic heterocycles. The molecule has 0 unspecified atom stereocenters. The van der Waals surface area contributed by atoms with Crippen LogP contribution in [-0.4, -0.2) is 65.7 Å². The van der Waals surface area contributed by atoms with E-state index in [-0.39, 0.29) is 5.91 Å². The Balaban J connectivity index is 1.72. The normalized spacial score (nSPS) is 15.3. The molecule has 1 aliphatic rings. The number of aromatic nitrogens is 2. The van der Waals surface area contributed by atoms with Crippen molar-refractivity contribution in [1.29, 1.82) is 0 Å². The maximum atomic E-state index is 13.5. The van der Waals surface area contributed by atoms with Crippen molar-refractivity contribution in [3.63, 3.8) is 0 Å². The van der Waals surface area contributed by atoms with Gasteiger partial charge in [-0.3, -0.25) is 4.79 Å². The molecule has 0 bridgehead atoms. The molecule has 2 aromatic carbocycles. The van der Waals surface area contributed by atoms with Gasteiger partial charge < -0.3 is 4.90 Å².